The summed E-state index contributed by atoms with van der Waals surface area (Å²) in [5.41, 5.74) is 0. The summed E-state index contributed by atoms with van der Waals surface area (Å²) in [6.45, 7) is 0. The van der Waals surface area contributed by atoms with Crippen LogP contribution >= 0.6 is 46.4 Å². The smallest absolute Gasteiger partial charge is 0.163 e. The Morgan fingerprint density at radius 2 is 1.17 bits per heavy atom. The van der Waals surface area contributed by atoms with Gasteiger partial charge in [-0.05, 0) is 0 Å². The average molecular weight is 250 g/mol. The zero-order chi connectivity index (χ0) is 9.46. The van der Waals surface area contributed by atoms with Gasteiger partial charge in [0.1, 0.15) is 20.1 Å². The molecule has 66 valence electrons. The van der Waals surface area contributed by atoms with E-state index in [4.69, 9.17) is 51.5 Å². The first-order chi connectivity index (χ1) is 5.46. The molecule has 12 heavy (non-hydrogen) atoms. The monoisotopic (exact) mass is 248 g/mol. The van der Waals surface area contributed by atoms with Crippen LogP contribution in [0.1, 0.15) is 0 Å². The standard InChI is InChI=1S/C6HCl4FO/c7-1-3(9)6(12)4(10)2(8)5(1)11/h12H. The fraction of sp³-hybridized carbons (Fsp3) is 0. The number of benzene rings is 1. The number of rotatable bonds is 0. The molecule has 0 heterocycles. The lowest BCUT2D eigenvalue weighted by Gasteiger charge is -2.05. The maximum atomic E-state index is 12.9. The van der Waals surface area contributed by atoms with E-state index in [0.29, 0.717) is 0 Å². The number of hydrogen-bond acceptors (Lipinski definition) is 1. The van der Waals surface area contributed by atoms with Crippen molar-refractivity contribution in [3.63, 3.8) is 0 Å². The van der Waals surface area contributed by atoms with Crippen LogP contribution in [0.15, 0.2) is 0 Å². The Labute approximate surface area is 87.6 Å². The van der Waals surface area contributed by atoms with Gasteiger partial charge in [0.25, 0.3) is 0 Å². The second-order valence-corrected chi connectivity index (χ2v) is 3.43. The largest absolute Gasteiger partial charge is 0.505 e. The van der Waals surface area contributed by atoms with Crippen molar-refractivity contribution in [2.45, 2.75) is 0 Å². The van der Waals surface area contributed by atoms with Crippen LogP contribution in [-0.2, 0) is 0 Å². The quantitative estimate of drug-likeness (QED) is 0.541. The lowest BCUT2D eigenvalue weighted by atomic mass is 10.3. The molecular weight excluding hydrogens is 249 g/mol. The SMILES string of the molecule is Oc1c(Cl)c(Cl)c(F)c(Cl)c1Cl. The maximum absolute atomic E-state index is 12.9. The minimum absolute atomic E-state index is 0.344. The first-order valence-electron chi connectivity index (χ1n) is 2.67. The van der Waals surface area contributed by atoms with Crippen LogP contribution in [0.3, 0.4) is 0 Å². The van der Waals surface area contributed by atoms with Crippen LogP contribution in [0.2, 0.25) is 20.1 Å². The maximum Gasteiger partial charge on any atom is 0.163 e. The van der Waals surface area contributed by atoms with Crippen molar-refractivity contribution in [1.82, 2.24) is 0 Å². The Bertz CT molecular complexity index is 234. The fourth-order valence-corrected chi connectivity index (χ4v) is 1.41. The van der Waals surface area contributed by atoms with Crippen molar-refractivity contribution >= 4 is 46.4 Å². The van der Waals surface area contributed by atoms with Crippen LogP contribution in [0.5, 0.6) is 5.75 Å². The van der Waals surface area contributed by atoms with Crippen LogP contribution < -0.4 is 0 Å². The molecule has 1 nitrogen and oxygen atoms in total. The first-order valence-corrected chi connectivity index (χ1v) is 4.18. The van der Waals surface area contributed by atoms with Gasteiger partial charge in [0, 0.05) is 0 Å². The van der Waals surface area contributed by atoms with E-state index < -0.39 is 21.6 Å². The van der Waals surface area contributed by atoms with Crippen molar-refractivity contribution in [2.75, 3.05) is 0 Å². The molecule has 0 aliphatic rings. The molecule has 1 N–H and O–H groups in total. The topological polar surface area (TPSA) is 20.2 Å². The van der Waals surface area contributed by atoms with Gasteiger partial charge in [-0.25, -0.2) is 4.39 Å². The number of phenolic OH excluding ortho intramolecular Hbond substituents is 1. The average Bonchev–Trinajstić information content (AvgIpc) is 2.08. The van der Waals surface area contributed by atoms with Gasteiger partial charge in [-0.15, -0.1) is 0 Å². The molecule has 1 rings (SSSR count). The van der Waals surface area contributed by atoms with Crippen molar-refractivity contribution in [1.29, 1.82) is 0 Å². The lowest BCUT2D eigenvalue weighted by Crippen LogP contribution is -1.83. The van der Waals surface area contributed by atoms with Crippen LogP contribution in [0.4, 0.5) is 4.39 Å². The summed E-state index contributed by atoms with van der Waals surface area (Å²) in [5.74, 6) is -1.46. The number of aromatic hydroxyl groups is 1. The summed E-state index contributed by atoms with van der Waals surface area (Å²) in [4.78, 5) is 0. The Morgan fingerprint density at radius 1 is 0.833 bits per heavy atom. The molecular formula is C6HCl4FO. The van der Waals surface area contributed by atoms with E-state index in [1.807, 2.05) is 0 Å². The Balaban J connectivity index is 3.60. The van der Waals surface area contributed by atoms with Gasteiger partial charge in [0.2, 0.25) is 0 Å². The molecule has 0 radical (unpaired) electrons. The highest BCUT2D eigenvalue weighted by atomic mass is 35.5. The summed E-state index contributed by atoms with van der Waals surface area (Å²) in [5, 5.41) is 7.52. The van der Waals surface area contributed by atoms with Gasteiger partial charge < -0.3 is 5.11 Å². The van der Waals surface area contributed by atoms with E-state index in [2.05, 4.69) is 0 Å². The molecule has 0 unspecified atom stereocenters. The third kappa shape index (κ3) is 1.44. The van der Waals surface area contributed by atoms with Gasteiger partial charge >= 0.3 is 0 Å². The van der Waals surface area contributed by atoms with Crippen LogP contribution in [0.25, 0.3) is 0 Å². The number of hydrogen-bond donors (Lipinski definition) is 1. The Kier molecular flexibility index (Phi) is 2.94. The Hall–Kier alpha value is 0.110. The van der Waals surface area contributed by atoms with Crippen molar-refractivity contribution in [3.8, 4) is 5.75 Å². The Morgan fingerprint density at radius 3 is 1.50 bits per heavy atom. The molecule has 0 bridgehead atoms. The molecule has 0 saturated heterocycles. The third-order valence-electron chi connectivity index (χ3n) is 1.19. The molecule has 0 spiro atoms. The molecule has 0 aromatic heterocycles. The van der Waals surface area contributed by atoms with Crippen molar-refractivity contribution in [3.05, 3.63) is 25.9 Å². The first kappa shape index (κ1) is 10.2. The molecule has 0 amide bonds. The predicted molar refractivity (Wildman–Crippen MR) is 48.1 cm³/mol. The minimum Gasteiger partial charge on any atom is -0.505 e. The number of phenols is 1. The summed E-state index contributed by atoms with van der Waals surface area (Å²) in [7, 11) is 0. The number of halogens is 5. The molecule has 0 saturated carbocycles. The molecule has 1 aromatic carbocycles. The molecule has 0 aliphatic carbocycles. The lowest BCUT2D eigenvalue weighted by molar-refractivity contribution is 0.474. The van der Waals surface area contributed by atoms with Crippen molar-refractivity contribution in [2.24, 2.45) is 0 Å². The summed E-state index contributed by atoms with van der Waals surface area (Å²) in [6.07, 6.45) is 0. The summed E-state index contributed by atoms with van der Waals surface area (Å²) in [6, 6.07) is 0. The minimum atomic E-state index is -0.939. The van der Waals surface area contributed by atoms with Gasteiger partial charge in [-0.1, -0.05) is 46.4 Å². The summed E-state index contributed by atoms with van der Waals surface area (Å²) >= 11 is 21.5. The van der Waals surface area contributed by atoms with E-state index in [9.17, 15) is 4.39 Å². The molecule has 0 aliphatic heterocycles. The fourth-order valence-electron chi connectivity index (χ4n) is 0.593. The zero-order valence-corrected chi connectivity index (χ0v) is 8.36. The highest BCUT2D eigenvalue weighted by Gasteiger charge is 2.19. The molecule has 0 atom stereocenters. The van der Waals surface area contributed by atoms with E-state index in [0.717, 1.165) is 0 Å². The summed E-state index contributed by atoms with van der Waals surface area (Å²) < 4.78 is 12.9. The molecule has 0 fully saturated rings. The molecule has 1 aromatic rings. The second kappa shape index (κ2) is 3.46. The van der Waals surface area contributed by atoms with Crippen LogP contribution in [-0.4, -0.2) is 5.11 Å². The second-order valence-electron chi connectivity index (χ2n) is 1.92. The van der Waals surface area contributed by atoms with E-state index in [1.165, 1.54) is 0 Å². The third-order valence-corrected chi connectivity index (χ3v) is 2.83. The van der Waals surface area contributed by atoms with Crippen molar-refractivity contribution < 1.29 is 9.50 Å². The highest BCUT2D eigenvalue weighted by Crippen LogP contribution is 2.44. The van der Waals surface area contributed by atoms with Crippen LogP contribution in [0, 0.1) is 5.82 Å². The van der Waals surface area contributed by atoms with Gasteiger partial charge in [-0.2, -0.15) is 0 Å². The normalized spacial score (nSPS) is 10.4. The van der Waals surface area contributed by atoms with E-state index >= 15 is 0 Å². The molecule has 6 heteroatoms. The predicted octanol–water partition coefficient (Wildman–Crippen LogP) is 4.14. The van der Waals surface area contributed by atoms with E-state index in [-0.39, 0.29) is 10.0 Å². The van der Waals surface area contributed by atoms with Gasteiger partial charge in [0.05, 0.1) is 0 Å². The van der Waals surface area contributed by atoms with Gasteiger partial charge in [-0.3, -0.25) is 0 Å². The van der Waals surface area contributed by atoms with Gasteiger partial charge in [0.15, 0.2) is 11.6 Å². The highest BCUT2D eigenvalue weighted by molar-refractivity contribution is 6.48. The zero-order valence-electron chi connectivity index (χ0n) is 5.34. The van der Waals surface area contributed by atoms with E-state index in [1.54, 1.807) is 0 Å².